The average molecular weight is 742 g/mol. The summed E-state index contributed by atoms with van der Waals surface area (Å²) in [6.07, 6.45) is 10.3. The Morgan fingerprint density at radius 1 is 1.09 bits per heavy atom. The van der Waals surface area contributed by atoms with Gasteiger partial charge < -0.3 is 24.6 Å². The molecule has 0 aliphatic carbocycles. The fraction of sp³-hybridized carbons (Fsp3) is 0.450. The lowest BCUT2D eigenvalue weighted by Gasteiger charge is -2.35. The van der Waals surface area contributed by atoms with Crippen LogP contribution in [0.4, 0.5) is 28.2 Å². The van der Waals surface area contributed by atoms with Gasteiger partial charge in [-0.25, -0.2) is 22.4 Å². The summed E-state index contributed by atoms with van der Waals surface area (Å²) < 4.78 is 71.3. The van der Waals surface area contributed by atoms with Crippen LogP contribution in [-0.4, -0.2) is 106 Å². The average Bonchev–Trinajstić information content (AvgIpc) is 3.89. The number of hydrogen-bond acceptors (Lipinski definition) is 9. The van der Waals surface area contributed by atoms with Gasteiger partial charge in [-0.3, -0.25) is 9.88 Å². The quantitative estimate of drug-likeness (QED) is 0.138. The lowest BCUT2D eigenvalue weighted by Crippen LogP contribution is -2.51. The number of carbonyl (C=O) groups is 1. The Hall–Kier alpha value is -5.00. The van der Waals surface area contributed by atoms with Crippen molar-refractivity contribution in [1.82, 2.24) is 30.1 Å². The molecule has 280 valence electrons. The number of pyridine rings is 1. The van der Waals surface area contributed by atoms with Gasteiger partial charge in [0.2, 0.25) is 0 Å². The molecule has 1 N–H and O–H groups in total. The zero-order valence-electron chi connectivity index (χ0n) is 29.6. The molecule has 0 radical (unpaired) electrons. The summed E-state index contributed by atoms with van der Waals surface area (Å²) in [7, 11) is 0. The van der Waals surface area contributed by atoms with Gasteiger partial charge in [0.15, 0.2) is 5.82 Å². The summed E-state index contributed by atoms with van der Waals surface area (Å²) in [6, 6.07) is 8.49. The predicted molar refractivity (Wildman–Crippen MR) is 194 cm³/mol. The van der Waals surface area contributed by atoms with E-state index >= 15 is 4.39 Å². The van der Waals surface area contributed by atoms with Crippen molar-refractivity contribution in [1.29, 1.82) is 0 Å². The molecule has 5 fully saturated rings. The molecule has 1 amide bonds. The summed E-state index contributed by atoms with van der Waals surface area (Å²) >= 11 is 0. The number of carbonyl (C=O) groups excluding carboxylic acids is 1. The molecule has 0 unspecified atom stereocenters. The van der Waals surface area contributed by atoms with Gasteiger partial charge >= 0.3 is 12.1 Å². The molecule has 2 aromatic heterocycles. The maximum Gasteiger partial charge on any atom is 0.410 e. The van der Waals surface area contributed by atoms with Gasteiger partial charge in [0, 0.05) is 67.9 Å². The zero-order valence-corrected chi connectivity index (χ0v) is 29.6. The van der Waals surface area contributed by atoms with E-state index in [1.807, 2.05) is 0 Å². The first-order valence-electron chi connectivity index (χ1n) is 18.4. The number of halogens is 4. The van der Waals surface area contributed by atoms with Crippen LogP contribution in [0.5, 0.6) is 6.01 Å². The highest BCUT2D eigenvalue weighted by Crippen LogP contribution is 2.45. The van der Waals surface area contributed by atoms with E-state index < -0.39 is 35.7 Å². The Kier molecular flexibility index (Phi) is 8.42. The third-order valence-corrected chi connectivity index (χ3v) is 11.8. The van der Waals surface area contributed by atoms with Crippen molar-refractivity contribution >= 4 is 33.6 Å². The number of likely N-dealkylation sites (tertiary alicyclic amines) is 1. The number of hydrogen-bond donors (Lipinski definition) is 1. The number of nitrogens with zero attached hydrogens (tertiary/aromatic N) is 6. The molecule has 2 aromatic carbocycles. The van der Waals surface area contributed by atoms with Crippen LogP contribution in [0, 0.1) is 24.0 Å². The third-order valence-electron chi connectivity index (χ3n) is 11.8. The molecule has 5 aliphatic rings. The molecule has 9 rings (SSSR count). The van der Waals surface area contributed by atoms with Gasteiger partial charge in [0.25, 0.3) is 5.92 Å². The first-order chi connectivity index (χ1) is 26.0. The predicted octanol–water partition coefficient (Wildman–Crippen LogP) is 6.06. The number of alkyl halides is 2. The molecule has 2 bridgehead atoms. The SMILES string of the molecule is C#Cc1c(F)ccc2cccc(-c3ncc4c(N5C[C@H]6CC[C@@H](C5)N6)nc(OC[C@@]56CC[C@@H](COC(=O)N7CCC(F)(F)C7)N5CC(=C)C6)nc4c3F)c12. The van der Waals surface area contributed by atoms with Crippen LogP contribution in [0.15, 0.2) is 48.7 Å². The highest BCUT2D eigenvalue weighted by atomic mass is 19.3. The molecule has 4 aromatic rings. The van der Waals surface area contributed by atoms with E-state index in [0.717, 1.165) is 23.3 Å². The van der Waals surface area contributed by atoms with Crippen molar-refractivity contribution in [3.05, 3.63) is 65.9 Å². The molecule has 10 nitrogen and oxygen atoms in total. The van der Waals surface area contributed by atoms with Crippen LogP contribution < -0.4 is 15.0 Å². The molecule has 0 spiro atoms. The topological polar surface area (TPSA) is 96.0 Å². The zero-order chi connectivity index (χ0) is 37.4. The van der Waals surface area contributed by atoms with Crippen LogP contribution in [-0.2, 0) is 4.74 Å². The van der Waals surface area contributed by atoms with Crippen molar-refractivity contribution in [2.45, 2.75) is 68.1 Å². The molecular formula is C40H39F4N7O3. The van der Waals surface area contributed by atoms with Gasteiger partial charge in [-0.15, -0.1) is 6.42 Å². The molecule has 14 heteroatoms. The van der Waals surface area contributed by atoms with Gasteiger partial charge in [0.05, 0.1) is 23.0 Å². The van der Waals surface area contributed by atoms with Crippen LogP contribution in [0.1, 0.15) is 44.1 Å². The minimum atomic E-state index is -2.90. The lowest BCUT2D eigenvalue weighted by molar-refractivity contribution is 0.00767. The first kappa shape index (κ1) is 34.7. The van der Waals surface area contributed by atoms with Crippen molar-refractivity contribution < 1.29 is 31.8 Å². The fourth-order valence-electron chi connectivity index (χ4n) is 9.28. The molecule has 5 saturated heterocycles. The number of piperazine rings is 1. The Bertz CT molecular complexity index is 2240. The number of ether oxygens (including phenoxy) is 2. The van der Waals surface area contributed by atoms with E-state index in [1.54, 1.807) is 30.5 Å². The fourth-order valence-corrected chi connectivity index (χ4v) is 9.28. The highest BCUT2D eigenvalue weighted by molar-refractivity contribution is 6.02. The van der Waals surface area contributed by atoms with Crippen molar-refractivity contribution in [3.8, 4) is 29.6 Å². The summed E-state index contributed by atoms with van der Waals surface area (Å²) in [5.74, 6) is -1.24. The smallest absolute Gasteiger partial charge is 0.410 e. The largest absolute Gasteiger partial charge is 0.461 e. The van der Waals surface area contributed by atoms with Gasteiger partial charge in [-0.1, -0.05) is 42.3 Å². The Morgan fingerprint density at radius 3 is 2.67 bits per heavy atom. The van der Waals surface area contributed by atoms with Crippen molar-refractivity contribution in [3.63, 3.8) is 0 Å². The molecule has 54 heavy (non-hydrogen) atoms. The normalized spacial score (nSPS) is 26.1. The number of rotatable bonds is 7. The number of fused-ring (bicyclic) bond motifs is 5. The number of terminal acetylenes is 1. The van der Waals surface area contributed by atoms with E-state index in [0.29, 0.717) is 66.4 Å². The summed E-state index contributed by atoms with van der Waals surface area (Å²) in [5, 5.41) is 5.09. The molecular weight excluding hydrogens is 702 g/mol. The minimum Gasteiger partial charge on any atom is -0.461 e. The second kappa shape index (κ2) is 13.1. The summed E-state index contributed by atoms with van der Waals surface area (Å²) in [6.45, 7) is 5.69. The van der Waals surface area contributed by atoms with Crippen LogP contribution in [0.25, 0.3) is 32.9 Å². The maximum atomic E-state index is 17.0. The summed E-state index contributed by atoms with van der Waals surface area (Å²) in [4.78, 5) is 32.1. The van der Waals surface area contributed by atoms with Crippen LogP contribution >= 0.6 is 0 Å². The Morgan fingerprint density at radius 2 is 1.91 bits per heavy atom. The van der Waals surface area contributed by atoms with Crippen LogP contribution in [0.2, 0.25) is 0 Å². The lowest BCUT2D eigenvalue weighted by atomic mass is 9.94. The van der Waals surface area contributed by atoms with Gasteiger partial charge in [0.1, 0.15) is 36.1 Å². The minimum absolute atomic E-state index is 0.00406. The van der Waals surface area contributed by atoms with E-state index in [-0.39, 0.29) is 67.1 Å². The molecule has 7 heterocycles. The molecule has 0 saturated carbocycles. The third kappa shape index (κ3) is 5.98. The van der Waals surface area contributed by atoms with Crippen LogP contribution in [0.3, 0.4) is 0 Å². The number of benzene rings is 2. The van der Waals surface area contributed by atoms with Crippen molar-refractivity contribution in [2.24, 2.45) is 0 Å². The van der Waals surface area contributed by atoms with E-state index in [1.165, 1.54) is 6.07 Å². The first-order valence-corrected chi connectivity index (χ1v) is 18.4. The summed E-state index contributed by atoms with van der Waals surface area (Å²) in [5.41, 5.74) is 0.867. The number of aromatic nitrogens is 3. The Labute approximate surface area is 309 Å². The number of amides is 1. The van der Waals surface area contributed by atoms with Crippen molar-refractivity contribution in [2.75, 3.05) is 50.8 Å². The van der Waals surface area contributed by atoms with E-state index in [9.17, 15) is 18.0 Å². The van der Waals surface area contributed by atoms with E-state index in [4.69, 9.17) is 20.9 Å². The number of nitrogens with one attached hydrogen (secondary N) is 1. The maximum absolute atomic E-state index is 17.0. The second-order valence-electron chi connectivity index (χ2n) is 15.4. The highest BCUT2D eigenvalue weighted by Gasteiger charge is 2.52. The number of anilines is 1. The molecule has 5 aliphatic heterocycles. The monoisotopic (exact) mass is 741 g/mol. The van der Waals surface area contributed by atoms with Gasteiger partial charge in [-0.2, -0.15) is 9.97 Å². The second-order valence-corrected chi connectivity index (χ2v) is 15.4. The van der Waals surface area contributed by atoms with E-state index in [2.05, 4.69) is 37.6 Å². The Balaban J connectivity index is 1.04. The molecule has 4 atom stereocenters. The van der Waals surface area contributed by atoms with Gasteiger partial charge in [-0.05, 0) is 43.6 Å². The standard InChI is InChI=1S/C40H39F4N7O3/c1-3-28-31(41)10-7-24-5-4-6-29(32(24)28)34-33(42)35-30(16-45-34)36(50-18-25-8-9-26(19-50)46-25)48-37(47-35)54-22-39-12-11-27(51(39)17-23(2)15-39)20-53-38(52)49-14-13-40(43,44)21-49/h1,4-7,10,16,25-27,46H,2,8-9,11-15,17-22H2/t25-,26+,27-,39-/m0/s1.